The summed E-state index contributed by atoms with van der Waals surface area (Å²) in [4.78, 5) is 26.7. The zero-order valence-electron chi connectivity index (χ0n) is 30.0. The molecule has 3 aromatic heterocycles. The molecule has 0 spiro atoms. The standard InChI is InChI=1S/C47H38N6/c1-5-33-23-22-31(2)53(4)44(33)43-32(3)40(30-42(49-43)36-15-8-6-9-16-36)35-26-24-34(25-27-35)38-19-14-20-39(29-38)46-50-45(37-17-10-7-11-18-37)51-47(52-46)41-21-12-13-28-48-41/h1,6-8,10-15,17-31H,9,16H2,2-4H3. The van der Waals surface area contributed by atoms with E-state index in [2.05, 4.69) is 116 Å². The van der Waals surface area contributed by atoms with Crippen LogP contribution < -0.4 is 0 Å². The Hall–Kier alpha value is -6.71. The second kappa shape index (κ2) is 14.5. The summed E-state index contributed by atoms with van der Waals surface area (Å²) in [7, 11) is 2.10. The summed E-state index contributed by atoms with van der Waals surface area (Å²) >= 11 is 0. The van der Waals surface area contributed by atoms with Gasteiger partial charge in [0.15, 0.2) is 17.5 Å². The van der Waals surface area contributed by atoms with Crippen molar-refractivity contribution in [3.8, 4) is 68.9 Å². The SMILES string of the molecule is C#CC1=C(c2nc(C3=CC=CCC3)cc(-c3ccc(-c4cccc(-c5nc(-c6ccccc6)nc(-c6ccccn6)n5)c4)cc3)c2C)N(C)C(C)C=C1. The highest BCUT2D eigenvalue weighted by atomic mass is 15.1. The second-order valence-corrected chi connectivity index (χ2v) is 13.4. The van der Waals surface area contributed by atoms with E-state index in [9.17, 15) is 0 Å². The van der Waals surface area contributed by atoms with Crippen LogP contribution in [0.2, 0.25) is 0 Å². The van der Waals surface area contributed by atoms with Crippen LogP contribution in [0.15, 0.2) is 145 Å². The lowest BCUT2D eigenvalue weighted by Gasteiger charge is -2.32. The molecule has 1 unspecified atom stereocenters. The topological polar surface area (TPSA) is 67.7 Å². The third-order valence-corrected chi connectivity index (χ3v) is 9.97. The van der Waals surface area contributed by atoms with Crippen molar-refractivity contribution < 1.29 is 0 Å². The van der Waals surface area contributed by atoms with Gasteiger partial charge in [0.05, 0.1) is 17.1 Å². The first kappa shape index (κ1) is 33.4. The average molecular weight is 687 g/mol. The number of hydrogen-bond donors (Lipinski definition) is 0. The lowest BCUT2D eigenvalue weighted by Crippen LogP contribution is -2.30. The minimum absolute atomic E-state index is 0.200. The molecule has 0 fully saturated rings. The highest BCUT2D eigenvalue weighted by Gasteiger charge is 2.25. The van der Waals surface area contributed by atoms with Gasteiger partial charge in [-0.3, -0.25) is 4.98 Å². The molecule has 6 nitrogen and oxygen atoms in total. The van der Waals surface area contributed by atoms with Crippen molar-refractivity contribution in [2.45, 2.75) is 32.7 Å². The Balaban J connectivity index is 1.19. The highest BCUT2D eigenvalue weighted by molar-refractivity contribution is 5.83. The van der Waals surface area contributed by atoms with Crippen LogP contribution in [0.3, 0.4) is 0 Å². The predicted molar refractivity (Wildman–Crippen MR) is 216 cm³/mol. The molecule has 256 valence electrons. The Kier molecular flexibility index (Phi) is 9.14. The minimum Gasteiger partial charge on any atom is -0.366 e. The molecule has 0 N–H and O–H groups in total. The van der Waals surface area contributed by atoms with Crippen molar-refractivity contribution in [2.75, 3.05) is 7.05 Å². The van der Waals surface area contributed by atoms with Crippen LogP contribution in [-0.4, -0.2) is 42.9 Å². The zero-order valence-corrected chi connectivity index (χ0v) is 30.0. The number of rotatable bonds is 7. The fraction of sp³-hybridized carbons (Fsp3) is 0.128. The number of likely N-dealkylation sites (N-methyl/N-ethyl adjacent to an activating group) is 1. The van der Waals surface area contributed by atoms with E-state index < -0.39 is 0 Å². The molecule has 0 saturated heterocycles. The van der Waals surface area contributed by atoms with Crippen molar-refractivity contribution in [2.24, 2.45) is 0 Å². The number of hydrogen-bond acceptors (Lipinski definition) is 6. The molecule has 8 rings (SSSR count). The summed E-state index contributed by atoms with van der Waals surface area (Å²) in [5.74, 6) is 4.65. The molecule has 3 aromatic carbocycles. The van der Waals surface area contributed by atoms with E-state index in [1.54, 1.807) is 6.20 Å². The minimum atomic E-state index is 0.200. The van der Waals surface area contributed by atoms with Gasteiger partial charge in [0.1, 0.15) is 5.69 Å². The fourth-order valence-electron chi connectivity index (χ4n) is 6.88. The lowest BCUT2D eigenvalue weighted by atomic mass is 9.91. The van der Waals surface area contributed by atoms with Crippen LogP contribution in [-0.2, 0) is 0 Å². The smallest absolute Gasteiger partial charge is 0.182 e. The molecule has 0 saturated carbocycles. The van der Waals surface area contributed by atoms with Crippen molar-refractivity contribution in [1.29, 1.82) is 0 Å². The van der Waals surface area contributed by atoms with E-state index >= 15 is 0 Å². The van der Waals surface area contributed by atoms with E-state index in [1.807, 2.05) is 54.6 Å². The van der Waals surface area contributed by atoms with Gasteiger partial charge in [-0.05, 0) is 90.4 Å². The van der Waals surface area contributed by atoms with Crippen molar-refractivity contribution in [3.05, 3.63) is 162 Å². The van der Waals surface area contributed by atoms with Gasteiger partial charge in [0, 0.05) is 36.0 Å². The molecule has 0 bridgehead atoms. The third-order valence-electron chi connectivity index (χ3n) is 9.97. The fourth-order valence-corrected chi connectivity index (χ4v) is 6.88. The van der Waals surface area contributed by atoms with Crippen LogP contribution in [0, 0.1) is 19.3 Å². The van der Waals surface area contributed by atoms with E-state index in [-0.39, 0.29) is 6.04 Å². The Morgan fingerprint density at radius 2 is 1.43 bits per heavy atom. The van der Waals surface area contributed by atoms with Crippen LogP contribution in [0.25, 0.3) is 67.8 Å². The molecule has 1 atom stereocenters. The molecule has 2 aliphatic rings. The summed E-state index contributed by atoms with van der Waals surface area (Å²) in [5.41, 5.74) is 13.0. The van der Waals surface area contributed by atoms with Gasteiger partial charge in [-0.15, -0.1) is 6.42 Å². The average Bonchev–Trinajstić information content (AvgIpc) is 3.23. The zero-order chi connectivity index (χ0) is 36.3. The number of benzene rings is 3. The molecule has 1 aliphatic carbocycles. The normalized spacial score (nSPS) is 15.3. The number of nitrogens with zero attached hydrogens (tertiary/aromatic N) is 6. The van der Waals surface area contributed by atoms with Gasteiger partial charge in [0.2, 0.25) is 0 Å². The number of terminal acetylenes is 1. The molecule has 6 aromatic rings. The first-order chi connectivity index (χ1) is 26.0. The Morgan fingerprint density at radius 3 is 2.17 bits per heavy atom. The molecule has 0 radical (unpaired) electrons. The van der Waals surface area contributed by atoms with Crippen molar-refractivity contribution >= 4 is 11.3 Å². The summed E-state index contributed by atoms with van der Waals surface area (Å²) < 4.78 is 0. The van der Waals surface area contributed by atoms with Crippen molar-refractivity contribution in [3.63, 3.8) is 0 Å². The third kappa shape index (κ3) is 6.73. The van der Waals surface area contributed by atoms with E-state index in [0.29, 0.717) is 23.2 Å². The largest absolute Gasteiger partial charge is 0.366 e. The van der Waals surface area contributed by atoms with E-state index in [1.165, 1.54) is 5.57 Å². The predicted octanol–water partition coefficient (Wildman–Crippen LogP) is 10.3. The van der Waals surface area contributed by atoms with Gasteiger partial charge in [-0.1, -0.05) is 109 Å². The molecule has 53 heavy (non-hydrogen) atoms. The van der Waals surface area contributed by atoms with Gasteiger partial charge < -0.3 is 4.90 Å². The summed E-state index contributed by atoms with van der Waals surface area (Å²) in [5, 5.41) is 0. The van der Waals surface area contributed by atoms with Crippen LogP contribution >= 0.6 is 0 Å². The van der Waals surface area contributed by atoms with Crippen molar-refractivity contribution in [1.82, 2.24) is 29.8 Å². The maximum absolute atomic E-state index is 6.06. The van der Waals surface area contributed by atoms with E-state index in [4.69, 9.17) is 26.4 Å². The summed E-state index contributed by atoms with van der Waals surface area (Å²) in [6, 6.07) is 35.3. The molecular formula is C47H38N6. The number of allylic oxidation sites excluding steroid dienone is 6. The van der Waals surface area contributed by atoms with Crippen LogP contribution in [0.4, 0.5) is 0 Å². The monoisotopic (exact) mass is 686 g/mol. The second-order valence-electron chi connectivity index (χ2n) is 13.4. The lowest BCUT2D eigenvalue weighted by molar-refractivity contribution is 0.422. The molecule has 4 heterocycles. The van der Waals surface area contributed by atoms with Gasteiger partial charge in [-0.25, -0.2) is 19.9 Å². The molecule has 1 aliphatic heterocycles. The Bertz CT molecular complexity index is 2430. The number of aromatic nitrogens is 5. The Labute approximate surface area is 311 Å². The maximum atomic E-state index is 6.06. The summed E-state index contributed by atoms with van der Waals surface area (Å²) in [6.07, 6.45) is 20.5. The maximum Gasteiger partial charge on any atom is 0.182 e. The van der Waals surface area contributed by atoms with Gasteiger partial charge in [0.25, 0.3) is 0 Å². The van der Waals surface area contributed by atoms with E-state index in [0.717, 1.165) is 74.4 Å². The first-order valence-corrected chi connectivity index (χ1v) is 17.9. The first-order valence-electron chi connectivity index (χ1n) is 17.9. The van der Waals surface area contributed by atoms with Crippen LogP contribution in [0.5, 0.6) is 0 Å². The van der Waals surface area contributed by atoms with Crippen LogP contribution in [0.1, 0.15) is 36.7 Å². The molecular weight excluding hydrogens is 649 g/mol. The quantitative estimate of drug-likeness (QED) is 0.156. The Morgan fingerprint density at radius 1 is 0.717 bits per heavy atom. The summed E-state index contributed by atoms with van der Waals surface area (Å²) in [6.45, 7) is 4.33. The molecule has 6 heteroatoms. The highest BCUT2D eigenvalue weighted by Crippen LogP contribution is 2.38. The number of pyridine rings is 2. The molecule has 0 amide bonds. The van der Waals surface area contributed by atoms with Gasteiger partial charge in [-0.2, -0.15) is 0 Å². The van der Waals surface area contributed by atoms with Gasteiger partial charge >= 0.3 is 0 Å².